The molecule has 2 atom stereocenters. The van der Waals surface area contributed by atoms with Gasteiger partial charge >= 0.3 is 0 Å². The van der Waals surface area contributed by atoms with Crippen LogP contribution in [0.5, 0.6) is 0 Å². The van der Waals surface area contributed by atoms with Gasteiger partial charge in [-0.2, -0.15) is 0 Å². The van der Waals surface area contributed by atoms with Crippen LogP contribution in [0.2, 0.25) is 0 Å². The predicted octanol–water partition coefficient (Wildman–Crippen LogP) is 1.96. The van der Waals surface area contributed by atoms with E-state index in [2.05, 4.69) is 15.6 Å². The third-order valence-corrected chi connectivity index (χ3v) is 4.22. The summed E-state index contributed by atoms with van der Waals surface area (Å²) in [5, 5.41) is 5.75. The summed E-state index contributed by atoms with van der Waals surface area (Å²) >= 11 is 0. The van der Waals surface area contributed by atoms with Crippen LogP contribution < -0.4 is 10.6 Å². The fraction of sp³-hybridized carbons (Fsp3) is 0.316. The summed E-state index contributed by atoms with van der Waals surface area (Å²) in [7, 11) is 0. The minimum absolute atomic E-state index is 0.0476. The van der Waals surface area contributed by atoms with Gasteiger partial charge in [0, 0.05) is 12.7 Å². The Morgan fingerprint density at radius 1 is 1.00 bits per heavy atom. The molecule has 0 aliphatic heterocycles. The molecule has 2 N–H and O–H groups in total. The molecule has 1 aromatic heterocycles. The van der Waals surface area contributed by atoms with Gasteiger partial charge < -0.3 is 10.6 Å². The number of rotatable bonds is 6. The van der Waals surface area contributed by atoms with Gasteiger partial charge in [0.05, 0.1) is 24.1 Å². The van der Waals surface area contributed by atoms with Gasteiger partial charge in [-0.15, -0.1) is 0 Å². The molecule has 2 amide bonds. The highest BCUT2D eigenvalue weighted by atomic mass is 16.2. The molecule has 5 heteroatoms. The second-order valence-electron chi connectivity index (χ2n) is 6.19. The normalized spacial score (nSPS) is 18.7. The molecule has 1 heterocycles. The van der Waals surface area contributed by atoms with Gasteiger partial charge in [-0.25, -0.2) is 0 Å². The van der Waals surface area contributed by atoms with Crippen molar-refractivity contribution in [1.29, 1.82) is 0 Å². The summed E-state index contributed by atoms with van der Waals surface area (Å²) < 4.78 is 0. The number of benzene rings is 1. The van der Waals surface area contributed by atoms with Crippen molar-refractivity contribution < 1.29 is 9.59 Å². The molecule has 24 heavy (non-hydrogen) atoms. The Balaban J connectivity index is 1.41. The zero-order valence-electron chi connectivity index (χ0n) is 13.7. The van der Waals surface area contributed by atoms with Gasteiger partial charge in [-0.3, -0.25) is 14.6 Å². The smallest absolute Gasteiger partial charge is 0.224 e. The van der Waals surface area contributed by atoms with Crippen LogP contribution in [0.3, 0.4) is 0 Å². The Bertz CT molecular complexity index is 713. The average molecular weight is 323 g/mol. The third-order valence-electron chi connectivity index (χ3n) is 4.22. The first-order chi connectivity index (χ1) is 11.6. The fourth-order valence-electron chi connectivity index (χ4n) is 2.61. The van der Waals surface area contributed by atoms with E-state index in [4.69, 9.17) is 0 Å². The summed E-state index contributed by atoms with van der Waals surface area (Å²) in [5.41, 5.74) is 3.06. The van der Waals surface area contributed by atoms with Crippen LogP contribution in [0, 0.1) is 18.8 Å². The standard InChI is InChI=1S/C19H21N3O2/c1-13-5-7-14(8-6-13)11-21-18(23)16-10-17(16)19(24)22-12-15-4-2-3-9-20-15/h2-9,16-17H,10-12H2,1H3,(H,21,23)(H,22,24). The number of carbonyl (C=O) groups is 2. The van der Waals surface area contributed by atoms with Gasteiger partial charge in [0.1, 0.15) is 0 Å². The number of aromatic nitrogens is 1. The van der Waals surface area contributed by atoms with Gasteiger partial charge in [0.2, 0.25) is 11.8 Å². The molecule has 3 rings (SSSR count). The zero-order chi connectivity index (χ0) is 16.9. The van der Waals surface area contributed by atoms with E-state index >= 15 is 0 Å². The van der Waals surface area contributed by atoms with Gasteiger partial charge in [-0.1, -0.05) is 35.9 Å². The Labute approximate surface area is 141 Å². The topological polar surface area (TPSA) is 71.1 Å². The summed E-state index contributed by atoms with van der Waals surface area (Å²) in [6, 6.07) is 13.6. The molecule has 1 fully saturated rings. The second-order valence-corrected chi connectivity index (χ2v) is 6.19. The molecule has 0 spiro atoms. The van der Waals surface area contributed by atoms with Gasteiger partial charge in [-0.05, 0) is 31.0 Å². The molecular weight excluding hydrogens is 302 g/mol. The largest absolute Gasteiger partial charge is 0.352 e. The molecule has 1 saturated carbocycles. The van der Waals surface area contributed by atoms with Crippen molar-refractivity contribution in [2.24, 2.45) is 11.8 Å². The van der Waals surface area contributed by atoms with Crippen molar-refractivity contribution in [1.82, 2.24) is 15.6 Å². The number of aryl methyl sites for hydroxylation is 1. The van der Waals surface area contributed by atoms with E-state index in [1.54, 1.807) is 6.20 Å². The van der Waals surface area contributed by atoms with Crippen LogP contribution in [-0.2, 0) is 22.7 Å². The zero-order valence-corrected chi connectivity index (χ0v) is 13.7. The number of hydrogen-bond acceptors (Lipinski definition) is 3. The maximum atomic E-state index is 12.1. The summed E-state index contributed by atoms with van der Waals surface area (Å²) in [4.78, 5) is 28.4. The Morgan fingerprint density at radius 3 is 2.29 bits per heavy atom. The summed E-state index contributed by atoms with van der Waals surface area (Å²) in [6.45, 7) is 2.92. The van der Waals surface area contributed by atoms with E-state index in [0.29, 0.717) is 19.5 Å². The summed E-state index contributed by atoms with van der Waals surface area (Å²) in [5.74, 6) is -0.546. The van der Waals surface area contributed by atoms with E-state index in [1.807, 2.05) is 49.4 Å². The molecule has 1 aliphatic rings. The van der Waals surface area contributed by atoms with E-state index < -0.39 is 0 Å². The maximum absolute atomic E-state index is 12.1. The van der Waals surface area contributed by atoms with Gasteiger partial charge in [0.15, 0.2) is 0 Å². The van der Waals surface area contributed by atoms with E-state index in [-0.39, 0.29) is 23.7 Å². The van der Waals surface area contributed by atoms with Crippen molar-refractivity contribution in [3.05, 3.63) is 65.5 Å². The molecule has 0 bridgehead atoms. The second kappa shape index (κ2) is 7.25. The first kappa shape index (κ1) is 16.2. The van der Waals surface area contributed by atoms with Crippen LogP contribution >= 0.6 is 0 Å². The first-order valence-corrected chi connectivity index (χ1v) is 8.14. The number of nitrogens with zero attached hydrogens (tertiary/aromatic N) is 1. The molecule has 5 nitrogen and oxygen atoms in total. The number of carbonyl (C=O) groups excluding carboxylic acids is 2. The molecule has 124 valence electrons. The van der Waals surface area contributed by atoms with Crippen LogP contribution in [0.15, 0.2) is 48.7 Å². The van der Waals surface area contributed by atoms with Crippen molar-refractivity contribution in [2.45, 2.75) is 26.4 Å². The van der Waals surface area contributed by atoms with Crippen molar-refractivity contribution in [3.8, 4) is 0 Å². The highest BCUT2D eigenvalue weighted by Gasteiger charge is 2.47. The average Bonchev–Trinajstić information content (AvgIpc) is 3.41. The van der Waals surface area contributed by atoms with Crippen molar-refractivity contribution in [2.75, 3.05) is 0 Å². The quantitative estimate of drug-likeness (QED) is 0.854. The predicted molar refractivity (Wildman–Crippen MR) is 90.7 cm³/mol. The Hall–Kier alpha value is -2.69. The van der Waals surface area contributed by atoms with Crippen molar-refractivity contribution >= 4 is 11.8 Å². The minimum atomic E-state index is -0.216. The molecule has 0 saturated heterocycles. The van der Waals surface area contributed by atoms with Gasteiger partial charge in [0.25, 0.3) is 0 Å². The fourth-order valence-corrected chi connectivity index (χ4v) is 2.61. The number of pyridine rings is 1. The molecule has 0 radical (unpaired) electrons. The molecule has 1 aliphatic carbocycles. The lowest BCUT2D eigenvalue weighted by Crippen LogP contribution is -2.29. The van der Waals surface area contributed by atoms with Crippen LogP contribution in [0.4, 0.5) is 0 Å². The number of amides is 2. The molecule has 2 aromatic rings. The number of hydrogen-bond donors (Lipinski definition) is 2. The lowest BCUT2D eigenvalue weighted by atomic mass is 10.1. The maximum Gasteiger partial charge on any atom is 0.224 e. The molecular formula is C19H21N3O2. The molecule has 1 aromatic carbocycles. The minimum Gasteiger partial charge on any atom is -0.352 e. The number of nitrogens with one attached hydrogen (secondary N) is 2. The highest BCUT2D eigenvalue weighted by molar-refractivity contribution is 5.92. The lowest BCUT2D eigenvalue weighted by molar-refractivity contribution is -0.127. The van der Waals surface area contributed by atoms with Crippen molar-refractivity contribution in [3.63, 3.8) is 0 Å². The monoisotopic (exact) mass is 323 g/mol. The van der Waals surface area contributed by atoms with Crippen LogP contribution in [-0.4, -0.2) is 16.8 Å². The van der Waals surface area contributed by atoms with E-state index in [1.165, 1.54) is 5.56 Å². The van der Waals surface area contributed by atoms with E-state index in [0.717, 1.165) is 11.3 Å². The summed E-state index contributed by atoms with van der Waals surface area (Å²) in [6.07, 6.45) is 2.31. The Kier molecular flexibility index (Phi) is 4.89. The van der Waals surface area contributed by atoms with Crippen LogP contribution in [0.25, 0.3) is 0 Å². The van der Waals surface area contributed by atoms with Crippen LogP contribution in [0.1, 0.15) is 23.2 Å². The lowest BCUT2D eigenvalue weighted by Gasteiger charge is -2.06. The third kappa shape index (κ3) is 4.19. The van der Waals surface area contributed by atoms with E-state index in [9.17, 15) is 9.59 Å². The Morgan fingerprint density at radius 2 is 1.67 bits per heavy atom. The SMILES string of the molecule is Cc1ccc(CNC(=O)C2CC2C(=O)NCc2ccccn2)cc1. The highest BCUT2D eigenvalue weighted by Crippen LogP contribution is 2.38. The first-order valence-electron chi connectivity index (χ1n) is 8.14. The molecule has 2 unspecified atom stereocenters.